The van der Waals surface area contributed by atoms with Crippen molar-refractivity contribution < 1.29 is 0 Å². The van der Waals surface area contributed by atoms with Crippen LogP contribution >= 0.6 is 11.8 Å². The summed E-state index contributed by atoms with van der Waals surface area (Å²) in [6.45, 7) is 5.69. The molecule has 1 aliphatic rings. The van der Waals surface area contributed by atoms with Crippen LogP contribution in [0.5, 0.6) is 0 Å². The lowest BCUT2D eigenvalue weighted by molar-refractivity contribution is 0.319. The summed E-state index contributed by atoms with van der Waals surface area (Å²) < 4.78 is 1.76. The molecule has 0 radical (unpaired) electrons. The number of aryl methyl sites for hydroxylation is 1. The zero-order chi connectivity index (χ0) is 12.3. The highest BCUT2D eigenvalue weighted by Crippen LogP contribution is 2.33. The zero-order valence-corrected chi connectivity index (χ0v) is 11.8. The molecule has 1 fully saturated rings. The van der Waals surface area contributed by atoms with E-state index in [1.807, 2.05) is 7.05 Å². The summed E-state index contributed by atoms with van der Waals surface area (Å²) in [6, 6.07) is 0.646. The van der Waals surface area contributed by atoms with Gasteiger partial charge in [-0.1, -0.05) is 13.8 Å². The van der Waals surface area contributed by atoms with E-state index < -0.39 is 0 Å². The predicted molar refractivity (Wildman–Crippen MR) is 72.2 cm³/mol. The molecule has 96 valence electrons. The summed E-state index contributed by atoms with van der Waals surface area (Å²) in [4.78, 5) is 4.23. The van der Waals surface area contributed by atoms with Crippen molar-refractivity contribution in [3.05, 3.63) is 12.2 Å². The number of thioether (sulfide) groups is 1. The first kappa shape index (κ1) is 12.9. The third kappa shape index (κ3) is 4.00. The monoisotopic (exact) mass is 254 g/mol. The molecule has 1 atom stereocenters. The molecule has 1 N–H and O–H groups in total. The van der Waals surface area contributed by atoms with Crippen LogP contribution in [0, 0.1) is 5.41 Å². The Bertz CT molecular complexity index is 361. The fraction of sp³-hybridized carbons (Fsp3) is 0.833. The Labute approximate surface area is 108 Å². The second-order valence-electron chi connectivity index (χ2n) is 5.62. The molecule has 0 bridgehead atoms. The Morgan fingerprint density at radius 3 is 3.06 bits per heavy atom. The van der Waals surface area contributed by atoms with Gasteiger partial charge in [0.1, 0.15) is 6.33 Å². The van der Waals surface area contributed by atoms with Crippen LogP contribution in [-0.4, -0.2) is 38.9 Å². The Kier molecular flexibility index (Phi) is 4.09. The van der Waals surface area contributed by atoms with Crippen molar-refractivity contribution in [1.29, 1.82) is 0 Å². The molecule has 4 nitrogen and oxygen atoms in total. The van der Waals surface area contributed by atoms with E-state index >= 15 is 0 Å². The third-order valence-electron chi connectivity index (χ3n) is 3.04. The van der Waals surface area contributed by atoms with Gasteiger partial charge in [0.25, 0.3) is 0 Å². The molecule has 0 amide bonds. The highest BCUT2D eigenvalue weighted by Gasteiger charge is 2.27. The Hall–Kier alpha value is -0.550. The molecule has 0 spiro atoms. The van der Waals surface area contributed by atoms with Gasteiger partial charge in [-0.25, -0.2) is 4.98 Å². The van der Waals surface area contributed by atoms with Gasteiger partial charge in [-0.2, -0.15) is 16.9 Å². The van der Waals surface area contributed by atoms with E-state index in [4.69, 9.17) is 0 Å². The predicted octanol–water partition coefficient (Wildman–Crippen LogP) is 1.48. The average molecular weight is 254 g/mol. The minimum absolute atomic E-state index is 0.476. The Balaban J connectivity index is 1.71. The summed E-state index contributed by atoms with van der Waals surface area (Å²) >= 11 is 2.06. The summed E-state index contributed by atoms with van der Waals surface area (Å²) in [7, 11) is 1.91. The van der Waals surface area contributed by atoms with Crippen molar-refractivity contribution in [2.24, 2.45) is 12.5 Å². The molecule has 1 aromatic rings. The first-order chi connectivity index (χ1) is 8.05. The fourth-order valence-electron chi connectivity index (χ4n) is 2.28. The van der Waals surface area contributed by atoms with E-state index in [1.54, 1.807) is 11.0 Å². The van der Waals surface area contributed by atoms with E-state index in [9.17, 15) is 0 Å². The molecule has 1 saturated heterocycles. The third-order valence-corrected chi connectivity index (χ3v) is 4.66. The molecule has 1 aliphatic heterocycles. The number of hydrogen-bond donors (Lipinski definition) is 1. The van der Waals surface area contributed by atoms with Crippen LogP contribution in [0.15, 0.2) is 6.33 Å². The largest absolute Gasteiger partial charge is 0.313 e. The SMILES string of the molecule is Cn1cnc(CCNC2CSCC(C)(C)C2)n1. The normalized spacial score (nSPS) is 23.8. The van der Waals surface area contributed by atoms with Gasteiger partial charge in [0.15, 0.2) is 5.82 Å². The molecule has 0 saturated carbocycles. The summed E-state index contributed by atoms with van der Waals surface area (Å²) in [5.74, 6) is 3.45. The van der Waals surface area contributed by atoms with Crippen LogP contribution in [0.4, 0.5) is 0 Å². The fourth-order valence-corrected chi connectivity index (χ4v) is 3.59. The van der Waals surface area contributed by atoms with Crippen molar-refractivity contribution >= 4 is 11.8 Å². The summed E-state index contributed by atoms with van der Waals surface area (Å²) in [6.07, 6.45) is 3.95. The molecule has 0 aliphatic carbocycles. The Morgan fingerprint density at radius 1 is 1.59 bits per heavy atom. The van der Waals surface area contributed by atoms with Crippen molar-refractivity contribution in [2.45, 2.75) is 32.7 Å². The van der Waals surface area contributed by atoms with Crippen LogP contribution in [0.25, 0.3) is 0 Å². The molecule has 2 heterocycles. The number of nitrogens with one attached hydrogen (secondary N) is 1. The van der Waals surface area contributed by atoms with E-state index in [-0.39, 0.29) is 0 Å². The van der Waals surface area contributed by atoms with Crippen LogP contribution in [0.3, 0.4) is 0 Å². The van der Waals surface area contributed by atoms with E-state index in [2.05, 4.69) is 41.0 Å². The second kappa shape index (κ2) is 5.40. The van der Waals surface area contributed by atoms with Crippen molar-refractivity contribution in [3.63, 3.8) is 0 Å². The minimum atomic E-state index is 0.476. The molecule has 17 heavy (non-hydrogen) atoms. The van der Waals surface area contributed by atoms with Crippen LogP contribution in [0.2, 0.25) is 0 Å². The van der Waals surface area contributed by atoms with E-state index in [0.29, 0.717) is 11.5 Å². The van der Waals surface area contributed by atoms with Gasteiger partial charge in [0.2, 0.25) is 0 Å². The lowest BCUT2D eigenvalue weighted by Crippen LogP contribution is -2.41. The van der Waals surface area contributed by atoms with E-state index in [0.717, 1.165) is 18.8 Å². The van der Waals surface area contributed by atoms with Crippen molar-refractivity contribution in [1.82, 2.24) is 20.1 Å². The molecule has 0 aromatic carbocycles. The average Bonchev–Trinajstić information content (AvgIpc) is 2.63. The van der Waals surface area contributed by atoms with Crippen molar-refractivity contribution in [3.8, 4) is 0 Å². The number of rotatable bonds is 4. The topological polar surface area (TPSA) is 42.7 Å². The Morgan fingerprint density at radius 2 is 2.41 bits per heavy atom. The van der Waals surface area contributed by atoms with Gasteiger partial charge in [-0.15, -0.1) is 0 Å². The second-order valence-corrected chi connectivity index (χ2v) is 6.65. The molecule has 1 aromatic heterocycles. The number of hydrogen-bond acceptors (Lipinski definition) is 4. The van der Waals surface area contributed by atoms with Gasteiger partial charge in [-0.05, 0) is 17.6 Å². The highest BCUT2D eigenvalue weighted by molar-refractivity contribution is 7.99. The van der Waals surface area contributed by atoms with Crippen LogP contribution < -0.4 is 5.32 Å². The maximum atomic E-state index is 4.28. The molecule has 5 heteroatoms. The van der Waals surface area contributed by atoms with Crippen molar-refractivity contribution in [2.75, 3.05) is 18.1 Å². The van der Waals surface area contributed by atoms with Gasteiger partial charge < -0.3 is 5.32 Å². The molecule has 2 rings (SSSR count). The van der Waals surface area contributed by atoms with Gasteiger partial charge in [0, 0.05) is 31.8 Å². The van der Waals surface area contributed by atoms with Gasteiger partial charge in [0.05, 0.1) is 0 Å². The molecular weight excluding hydrogens is 232 g/mol. The minimum Gasteiger partial charge on any atom is -0.313 e. The first-order valence-corrected chi connectivity index (χ1v) is 7.36. The lowest BCUT2D eigenvalue weighted by atomic mass is 9.88. The molecule has 1 unspecified atom stereocenters. The van der Waals surface area contributed by atoms with Crippen LogP contribution in [0.1, 0.15) is 26.1 Å². The van der Waals surface area contributed by atoms with E-state index in [1.165, 1.54) is 17.9 Å². The number of aromatic nitrogens is 3. The maximum Gasteiger partial charge on any atom is 0.151 e. The smallest absolute Gasteiger partial charge is 0.151 e. The summed E-state index contributed by atoms with van der Waals surface area (Å²) in [5.41, 5.74) is 0.476. The standard InChI is InChI=1S/C12H22N4S/c1-12(2)6-10(7-17-8-12)13-5-4-11-14-9-16(3)15-11/h9-10,13H,4-8H2,1-3H3. The van der Waals surface area contributed by atoms with Gasteiger partial charge >= 0.3 is 0 Å². The lowest BCUT2D eigenvalue weighted by Gasteiger charge is -2.35. The quantitative estimate of drug-likeness (QED) is 0.884. The highest BCUT2D eigenvalue weighted by atomic mass is 32.2. The van der Waals surface area contributed by atoms with Crippen LogP contribution in [-0.2, 0) is 13.5 Å². The number of nitrogens with zero attached hydrogens (tertiary/aromatic N) is 3. The zero-order valence-electron chi connectivity index (χ0n) is 10.9. The first-order valence-electron chi connectivity index (χ1n) is 6.21. The molecular formula is C12H22N4S. The summed E-state index contributed by atoms with van der Waals surface area (Å²) in [5, 5.41) is 7.91. The maximum absolute atomic E-state index is 4.28. The van der Waals surface area contributed by atoms with Gasteiger partial charge in [-0.3, -0.25) is 4.68 Å².